The average Bonchev–Trinajstić information content (AvgIpc) is 2.49. The van der Waals surface area contributed by atoms with Crippen LogP contribution in [0.1, 0.15) is 29.1 Å². The second-order valence-corrected chi connectivity index (χ2v) is 4.46. The number of nitrogens with zero attached hydrogens (tertiary/aromatic N) is 2. The van der Waals surface area contributed by atoms with Gasteiger partial charge in [0.1, 0.15) is 0 Å². The van der Waals surface area contributed by atoms with Crippen LogP contribution in [0.25, 0.3) is 0 Å². The van der Waals surface area contributed by atoms with Gasteiger partial charge in [-0.15, -0.1) is 10.2 Å². The number of anilines is 1. The second-order valence-electron chi connectivity index (χ2n) is 3.45. The Balaban J connectivity index is 1.82. The molecule has 0 aliphatic heterocycles. The first-order valence-electron chi connectivity index (χ1n) is 4.63. The zero-order valence-electron chi connectivity index (χ0n) is 7.69. The fourth-order valence-corrected chi connectivity index (χ4v) is 1.86. The van der Waals surface area contributed by atoms with E-state index in [9.17, 15) is 4.79 Å². The Morgan fingerprint density at radius 1 is 1.57 bits per heavy atom. The lowest BCUT2D eigenvalue weighted by Gasteiger charge is -2.24. The van der Waals surface area contributed by atoms with Crippen LogP contribution in [0.15, 0.2) is 0 Å². The highest BCUT2D eigenvalue weighted by Crippen LogP contribution is 2.25. The summed E-state index contributed by atoms with van der Waals surface area (Å²) in [5.74, 6) is 0.496. The number of hydrogen-bond acceptors (Lipinski definition) is 5. The highest BCUT2D eigenvalue weighted by Gasteiger charge is 2.19. The van der Waals surface area contributed by atoms with Crippen LogP contribution in [0, 0.1) is 5.92 Å². The first-order chi connectivity index (χ1) is 6.75. The van der Waals surface area contributed by atoms with E-state index >= 15 is 0 Å². The Bertz CT molecular complexity index is 334. The molecule has 1 saturated carbocycles. The monoisotopic (exact) mass is 212 g/mol. The lowest BCUT2D eigenvalue weighted by Crippen LogP contribution is -2.32. The fraction of sp³-hybridized carbons (Fsp3) is 0.625. The van der Waals surface area contributed by atoms with E-state index in [2.05, 4.69) is 15.5 Å². The molecule has 1 amide bonds. The third-order valence-electron chi connectivity index (χ3n) is 2.41. The molecule has 1 aliphatic rings. The molecular weight excluding hydrogens is 200 g/mol. The molecule has 76 valence electrons. The zero-order valence-corrected chi connectivity index (χ0v) is 8.51. The van der Waals surface area contributed by atoms with E-state index in [4.69, 9.17) is 5.73 Å². The second kappa shape index (κ2) is 3.91. The predicted octanol–water partition coefficient (Wildman–Crippen LogP) is 0.650. The maximum atomic E-state index is 11.4. The summed E-state index contributed by atoms with van der Waals surface area (Å²) in [6.07, 6.45) is 3.73. The highest BCUT2D eigenvalue weighted by molar-refractivity contribution is 7.16. The molecule has 5 nitrogen and oxygen atoms in total. The summed E-state index contributed by atoms with van der Waals surface area (Å²) < 4.78 is 0. The molecule has 1 heterocycles. The van der Waals surface area contributed by atoms with Crippen LogP contribution in [0.2, 0.25) is 0 Å². The van der Waals surface area contributed by atoms with Gasteiger partial charge in [-0.2, -0.15) is 0 Å². The van der Waals surface area contributed by atoms with E-state index in [0.29, 0.717) is 16.1 Å². The minimum atomic E-state index is -0.161. The van der Waals surface area contributed by atoms with Crippen molar-refractivity contribution in [3.8, 4) is 0 Å². The van der Waals surface area contributed by atoms with Crippen molar-refractivity contribution in [2.45, 2.75) is 19.3 Å². The van der Waals surface area contributed by atoms with E-state index in [1.165, 1.54) is 19.3 Å². The van der Waals surface area contributed by atoms with Gasteiger partial charge in [0.15, 0.2) is 0 Å². The number of nitrogens with one attached hydrogen (secondary N) is 1. The number of carbonyl (C=O) groups is 1. The molecule has 14 heavy (non-hydrogen) atoms. The zero-order chi connectivity index (χ0) is 9.97. The Morgan fingerprint density at radius 2 is 2.36 bits per heavy atom. The van der Waals surface area contributed by atoms with E-state index in [0.717, 1.165) is 17.9 Å². The van der Waals surface area contributed by atoms with Crippen molar-refractivity contribution < 1.29 is 4.79 Å². The Labute approximate surface area is 85.7 Å². The van der Waals surface area contributed by atoms with E-state index in [1.54, 1.807) is 0 Å². The Kier molecular flexibility index (Phi) is 2.62. The first-order valence-corrected chi connectivity index (χ1v) is 5.44. The standard InChI is InChI=1S/C8H12N4OS/c9-8-12-11-7(14-8)6(13)10-4-5-2-1-3-5/h5H,1-4H2,(H2,9,12)(H,10,13). The van der Waals surface area contributed by atoms with Crippen LogP contribution in [0.5, 0.6) is 0 Å². The van der Waals surface area contributed by atoms with Gasteiger partial charge in [-0.25, -0.2) is 0 Å². The summed E-state index contributed by atoms with van der Waals surface area (Å²) in [5.41, 5.74) is 5.37. The molecule has 1 aliphatic carbocycles. The fourth-order valence-electron chi connectivity index (χ4n) is 1.34. The van der Waals surface area contributed by atoms with Crippen LogP contribution in [0.3, 0.4) is 0 Å². The summed E-state index contributed by atoms with van der Waals surface area (Å²) in [4.78, 5) is 11.4. The highest BCUT2D eigenvalue weighted by atomic mass is 32.1. The molecule has 0 unspecified atom stereocenters. The van der Waals surface area contributed by atoms with Crippen LogP contribution in [-0.4, -0.2) is 22.6 Å². The molecule has 1 aromatic rings. The molecule has 1 fully saturated rings. The third kappa shape index (κ3) is 2.01. The summed E-state index contributed by atoms with van der Waals surface area (Å²) in [6, 6.07) is 0. The smallest absolute Gasteiger partial charge is 0.282 e. The number of hydrogen-bond donors (Lipinski definition) is 2. The number of rotatable bonds is 3. The SMILES string of the molecule is Nc1nnc(C(=O)NCC2CCC2)s1. The molecule has 6 heteroatoms. The number of nitrogens with two attached hydrogens (primary N) is 1. The van der Waals surface area contributed by atoms with Gasteiger partial charge in [0.25, 0.3) is 5.91 Å². The number of nitrogen functional groups attached to an aromatic ring is 1. The third-order valence-corrected chi connectivity index (χ3v) is 3.16. The minimum absolute atomic E-state index is 0.161. The van der Waals surface area contributed by atoms with Gasteiger partial charge in [0.2, 0.25) is 10.1 Å². The van der Waals surface area contributed by atoms with Crippen molar-refractivity contribution in [3.05, 3.63) is 5.01 Å². The quantitative estimate of drug-likeness (QED) is 0.770. The van der Waals surface area contributed by atoms with Gasteiger partial charge < -0.3 is 11.1 Å². The molecule has 0 saturated heterocycles. The topological polar surface area (TPSA) is 80.9 Å². The summed E-state index contributed by atoms with van der Waals surface area (Å²) in [6.45, 7) is 0.748. The summed E-state index contributed by atoms with van der Waals surface area (Å²) in [7, 11) is 0. The lowest BCUT2D eigenvalue weighted by atomic mass is 9.85. The summed E-state index contributed by atoms with van der Waals surface area (Å²) in [5, 5.41) is 10.8. The molecule has 0 radical (unpaired) electrons. The normalized spacial score (nSPS) is 16.3. The first kappa shape index (κ1) is 9.39. The molecule has 2 rings (SSSR count). The lowest BCUT2D eigenvalue weighted by molar-refractivity contribution is 0.0938. The molecule has 0 aromatic carbocycles. The molecular formula is C8H12N4OS. The van der Waals surface area contributed by atoms with Crippen molar-refractivity contribution in [2.75, 3.05) is 12.3 Å². The Hall–Kier alpha value is -1.17. The van der Waals surface area contributed by atoms with E-state index in [-0.39, 0.29) is 5.91 Å². The minimum Gasteiger partial charge on any atom is -0.374 e. The molecule has 3 N–H and O–H groups in total. The molecule has 0 atom stereocenters. The molecule has 0 bridgehead atoms. The van der Waals surface area contributed by atoms with Crippen molar-refractivity contribution in [1.82, 2.24) is 15.5 Å². The van der Waals surface area contributed by atoms with Crippen LogP contribution in [-0.2, 0) is 0 Å². The maximum absolute atomic E-state index is 11.4. The summed E-state index contributed by atoms with van der Waals surface area (Å²) >= 11 is 1.12. The Morgan fingerprint density at radius 3 is 2.86 bits per heavy atom. The van der Waals surface area contributed by atoms with Crippen LogP contribution < -0.4 is 11.1 Å². The van der Waals surface area contributed by atoms with E-state index in [1.807, 2.05) is 0 Å². The van der Waals surface area contributed by atoms with Crippen LogP contribution >= 0.6 is 11.3 Å². The van der Waals surface area contributed by atoms with Gasteiger partial charge in [0, 0.05) is 6.54 Å². The largest absolute Gasteiger partial charge is 0.374 e. The number of amides is 1. The molecule has 0 spiro atoms. The van der Waals surface area contributed by atoms with Gasteiger partial charge in [-0.1, -0.05) is 17.8 Å². The van der Waals surface area contributed by atoms with Crippen molar-refractivity contribution >= 4 is 22.4 Å². The molecule has 1 aromatic heterocycles. The van der Waals surface area contributed by atoms with Crippen molar-refractivity contribution in [2.24, 2.45) is 5.92 Å². The van der Waals surface area contributed by atoms with Gasteiger partial charge in [-0.3, -0.25) is 4.79 Å². The van der Waals surface area contributed by atoms with Gasteiger partial charge in [0.05, 0.1) is 0 Å². The van der Waals surface area contributed by atoms with Crippen LogP contribution in [0.4, 0.5) is 5.13 Å². The van der Waals surface area contributed by atoms with Gasteiger partial charge in [-0.05, 0) is 18.8 Å². The van der Waals surface area contributed by atoms with E-state index < -0.39 is 0 Å². The van der Waals surface area contributed by atoms with Gasteiger partial charge >= 0.3 is 0 Å². The number of aromatic nitrogens is 2. The average molecular weight is 212 g/mol. The maximum Gasteiger partial charge on any atom is 0.282 e. The van der Waals surface area contributed by atoms with Crippen molar-refractivity contribution in [1.29, 1.82) is 0 Å². The number of carbonyl (C=O) groups excluding carboxylic acids is 1. The predicted molar refractivity (Wildman–Crippen MR) is 54.0 cm³/mol. The van der Waals surface area contributed by atoms with Crippen molar-refractivity contribution in [3.63, 3.8) is 0 Å².